The third kappa shape index (κ3) is 3.62. The summed E-state index contributed by atoms with van der Waals surface area (Å²) >= 11 is 0. The normalized spacial score (nSPS) is 29.9. The van der Waals surface area contributed by atoms with Crippen LogP contribution in [0.15, 0.2) is 12.2 Å². The minimum Gasteiger partial charge on any atom is -0.394 e. The summed E-state index contributed by atoms with van der Waals surface area (Å²) in [6.07, 6.45) is 8.12. The van der Waals surface area contributed by atoms with Gasteiger partial charge in [0.05, 0.1) is 6.61 Å². The van der Waals surface area contributed by atoms with E-state index in [1.165, 1.54) is 19.3 Å². The van der Waals surface area contributed by atoms with Gasteiger partial charge in [0, 0.05) is 6.04 Å². The second-order valence-electron chi connectivity index (χ2n) is 5.80. The summed E-state index contributed by atoms with van der Waals surface area (Å²) in [5.74, 6) is 1.42. The van der Waals surface area contributed by atoms with Crippen molar-refractivity contribution in [2.24, 2.45) is 23.0 Å². The quantitative estimate of drug-likeness (QED) is 0.704. The Hall–Kier alpha value is -0.340. The first-order chi connectivity index (χ1) is 6.95. The molecule has 1 saturated carbocycles. The Morgan fingerprint density at radius 1 is 1.40 bits per heavy atom. The standard InChI is InChI=1S/C13H25NO/c1-13(2,3)12-6-4-5-10(12)7-8-11(14)9-15/h7-8,10-12,15H,4-6,9,14H2,1-3H3. The maximum absolute atomic E-state index is 8.86. The van der Waals surface area contributed by atoms with Crippen molar-refractivity contribution in [2.75, 3.05) is 6.61 Å². The number of nitrogens with two attached hydrogens (primary N) is 1. The molecule has 0 spiro atoms. The topological polar surface area (TPSA) is 46.2 Å². The van der Waals surface area contributed by atoms with Crippen LogP contribution in [-0.2, 0) is 0 Å². The van der Waals surface area contributed by atoms with Crippen molar-refractivity contribution in [1.29, 1.82) is 0 Å². The fourth-order valence-electron chi connectivity index (χ4n) is 2.64. The summed E-state index contributed by atoms with van der Waals surface area (Å²) in [6.45, 7) is 6.99. The molecule has 0 amide bonds. The Morgan fingerprint density at radius 2 is 2.07 bits per heavy atom. The molecule has 1 aliphatic carbocycles. The zero-order valence-corrected chi connectivity index (χ0v) is 10.2. The van der Waals surface area contributed by atoms with E-state index >= 15 is 0 Å². The summed E-state index contributed by atoms with van der Waals surface area (Å²) in [4.78, 5) is 0. The predicted octanol–water partition coefficient (Wildman–Crippen LogP) is 2.32. The maximum Gasteiger partial charge on any atom is 0.0618 e. The zero-order chi connectivity index (χ0) is 11.5. The molecule has 0 aliphatic heterocycles. The van der Waals surface area contributed by atoms with Crippen molar-refractivity contribution < 1.29 is 5.11 Å². The van der Waals surface area contributed by atoms with E-state index < -0.39 is 0 Å². The lowest BCUT2D eigenvalue weighted by atomic mass is 9.74. The van der Waals surface area contributed by atoms with E-state index in [4.69, 9.17) is 10.8 Å². The molecule has 2 nitrogen and oxygen atoms in total. The van der Waals surface area contributed by atoms with Gasteiger partial charge in [-0.25, -0.2) is 0 Å². The fourth-order valence-corrected chi connectivity index (χ4v) is 2.64. The predicted molar refractivity (Wildman–Crippen MR) is 64.5 cm³/mol. The van der Waals surface area contributed by atoms with Gasteiger partial charge in [0.15, 0.2) is 0 Å². The third-order valence-electron chi connectivity index (χ3n) is 3.50. The molecule has 1 aliphatic rings. The largest absolute Gasteiger partial charge is 0.394 e. The average Bonchev–Trinajstić information content (AvgIpc) is 2.61. The summed E-state index contributed by atoms with van der Waals surface area (Å²) < 4.78 is 0. The highest BCUT2D eigenvalue weighted by Gasteiger charge is 2.34. The van der Waals surface area contributed by atoms with Crippen LogP contribution in [0.5, 0.6) is 0 Å². The van der Waals surface area contributed by atoms with Crippen molar-refractivity contribution in [3.8, 4) is 0 Å². The molecule has 3 N–H and O–H groups in total. The summed E-state index contributed by atoms with van der Waals surface area (Å²) in [5.41, 5.74) is 6.05. The van der Waals surface area contributed by atoms with Gasteiger partial charge < -0.3 is 10.8 Å². The van der Waals surface area contributed by atoms with Crippen LogP contribution in [0.1, 0.15) is 40.0 Å². The molecule has 0 aromatic carbocycles. The maximum atomic E-state index is 8.86. The van der Waals surface area contributed by atoms with Gasteiger partial charge >= 0.3 is 0 Å². The number of hydrogen-bond donors (Lipinski definition) is 2. The monoisotopic (exact) mass is 211 g/mol. The molecule has 0 aromatic rings. The molecule has 3 unspecified atom stereocenters. The lowest BCUT2D eigenvalue weighted by Gasteiger charge is -2.31. The van der Waals surface area contributed by atoms with Crippen molar-refractivity contribution in [2.45, 2.75) is 46.1 Å². The molecule has 1 fully saturated rings. The molecule has 0 radical (unpaired) electrons. The Bertz CT molecular complexity index is 217. The Labute approximate surface area is 93.6 Å². The van der Waals surface area contributed by atoms with Gasteiger partial charge in [-0.1, -0.05) is 39.3 Å². The number of rotatable bonds is 3. The highest BCUT2D eigenvalue weighted by molar-refractivity contribution is 5.01. The first-order valence-electron chi connectivity index (χ1n) is 6.00. The molecule has 88 valence electrons. The fraction of sp³-hybridized carbons (Fsp3) is 0.846. The van der Waals surface area contributed by atoms with Crippen molar-refractivity contribution in [3.63, 3.8) is 0 Å². The van der Waals surface area contributed by atoms with Gasteiger partial charge in [0.2, 0.25) is 0 Å². The molecule has 2 heteroatoms. The molecular weight excluding hydrogens is 186 g/mol. The van der Waals surface area contributed by atoms with Crippen LogP contribution in [-0.4, -0.2) is 17.8 Å². The van der Waals surface area contributed by atoms with Gasteiger partial charge in [0.1, 0.15) is 0 Å². The van der Waals surface area contributed by atoms with Crippen molar-refractivity contribution in [1.82, 2.24) is 0 Å². The highest BCUT2D eigenvalue weighted by Crippen LogP contribution is 2.43. The van der Waals surface area contributed by atoms with E-state index in [1.54, 1.807) is 0 Å². The molecule has 0 saturated heterocycles. The highest BCUT2D eigenvalue weighted by atomic mass is 16.3. The first kappa shape index (κ1) is 12.7. The molecular formula is C13H25NO. The van der Waals surface area contributed by atoms with E-state index in [0.29, 0.717) is 11.3 Å². The lowest BCUT2D eigenvalue weighted by molar-refractivity contribution is 0.210. The Morgan fingerprint density at radius 3 is 2.60 bits per heavy atom. The van der Waals surface area contributed by atoms with E-state index in [9.17, 15) is 0 Å². The molecule has 0 aromatic heterocycles. The zero-order valence-electron chi connectivity index (χ0n) is 10.2. The number of allylic oxidation sites excluding steroid dienone is 1. The second kappa shape index (κ2) is 5.13. The van der Waals surface area contributed by atoms with Gasteiger partial charge in [-0.15, -0.1) is 0 Å². The van der Waals surface area contributed by atoms with Crippen LogP contribution in [0.3, 0.4) is 0 Å². The van der Waals surface area contributed by atoms with Gasteiger partial charge in [-0.2, -0.15) is 0 Å². The summed E-state index contributed by atoms with van der Waals surface area (Å²) in [7, 11) is 0. The van der Waals surface area contributed by atoms with Crippen LogP contribution in [0.4, 0.5) is 0 Å². The van der Waals surface area contributed by atoms with Gasteiger partial charge in [0.25, 0.3) is 0 Å². The third-order valence-corrected chi connectivity index (χ3v) is 3.50. The van der Waals surface area contributed by atoms with Crippen LogP contribution < -0.4 is 5.73 Å². The van der Waals surface area contributed by atoms with E-state index in [0.717, 1.165) is 5.92 Å². The van der Waals surface area contributed by atoms with Gasteiger partial charge in [-0.05, 0) is 30.1 Å². The smallest absolute Gasteiger partial charge is 0.0618 e. The number of aliphatic hydroxyl groups excluding tert-OH is 1. The average molecular weight is 211 g/mol. The number of hydrogen-bond acceptors (Lipinski definition) is 2. The molecule has 0 bridgehead atoms. The Balaban J connectivity index is 2.58. The second-order valence-corrected chi connectivity index (χ2v) is 5.80. The Kier molecular flexibility index (Phi) is 4.35. The minimum atomic E-state index is -0.189. The van der Waals surface area contributed by atoms with E-state index in [2.05, 4.69) is 26.8 Å². The molecule has 0 heterocycles. The van der Waals surface area contributed by atoms with Crippen molar-refractivity contribution in [3.05, 3.63) is 12.2 Å². The van der Waals surface area contributed by atoms with E-state index in [-0.39, 0.29) is 12.6 Å². The van der Waals surface area contributed by atoms with Crippen molar-refractivity contribution >= 4 is 0 Å². The van der Waals surface area contributed by atoms with Gasteiger partial charge in [-0.3, -0.25) is 0 Å². The molecule has 1 rings (SSSR count). The van der Waals surface area contributed by atoms with E-state index in [1.807, 2.05) is 6.08 Å². The minimum absolute atomic E-state index is 0.0450. The summed E-state index contributed by atoms with van der Waals surface area (Å²) in [6, 6.07) is -0.189. The van der Waals surface area contributed by atoms with Crippen LogP contribution in [0.2, 0.25) is 0 Å². The molecule has 15 heavy (non-hydrogen) atoms. The van der Waals surface area contributed by atoms with Crippen LogP contribution in [0.25, 0.3) is 0 Å². The molecule has 3 atom stereocenters. The first-order valence-corrected chi connectivity index (χ1v) is 6.00. The lowest BCUT2D eigenvalue weighted by Crippen LogP contribution is -2.25. The SMILES string of the molecule is CC(C)(C)C1CCCC1C=CC(N)CO. The summed E-state index contributed by atoms with van der Waals surface area (Å²) in [5, 5.41) is 8.86. The number of aliphatic hydroxyl groups is 1. The van der Waals surface area contributed by atoms with Crippen LogP contribution in [0, 0.1) is 17.3 Å². The van der Waals surface area contributed by atoms with Crippen LogP contribution >= 0.6 is 0 Å².